The van der Waals surface area contributed by atoms with Gasteiger partial charge < -0.3 is 14.6 Å². The predicted molar refractivity (Wildman–Crippen MR) is 83.7 cm³/mol. The second-order valence-electron chi connectivity index (χ2n) is 5.70. The van der Waals surface area contributed by atoms with Crippen molar-refractivity contribution in [2.75, 3.05) is 13.6 Å². The van der Waals surface area contributed by atoms with E-state index in [9.17, 15) is 4.79 Å². The Morgan fingerprint density at radius 3 is 2.81 bits per heavy atom. The molecule has 0 fully saturated rings. The Balaban J connectivity index is 2.00. The molecule has 2 aromatic rings. The molecule has 0 bridgehead atoms. The van der Waals surface area contributed by atoms with Crippen LogP contribution in [0.15, 0.2) is 24.5 Å². The van der Waals surface area contributed by atoms with Crippen molar-refractivity contribution in [3.63, 3.8) is 0 Å². The van der Waals surface area contributed by atoms with Crippen molar-refractivity contribution in [3.05, 3.63) is 30.1 Å². The van der Waals surface area contributed by atoms with E-state index in [1.54, 1.807) is 18.5 Å². The molecule has 5 nitrogen and oxygen atoms in total. The molecular formula is C16H23N3O2. The number of rotatable bonds is 7. The molecule has 0 saturated heterocycles. The number of fused-ring (bicyclic) bond motifs is 1. The topological polar surface area (TPSA) is 58.4 Å². The molecule has 2 rings (SSSR count). The van der Waals surface area contributed by atoms with Gasteiger partial charge in [0.2, 0.25) is 0 Å². The van der Waals surface area contributed by atoms with Crippen LogP contribution < -0.4 is 0 Å². The van der Waals surface area contributed by atoms with E-state index >= 15 is 0 Å². The van der Waals surface area contributed by atoms with E-state index < -0.39 is 5.97 Å². The molecular weight excluding hydrogens is 266 g/mol. The van der Waals surface area contributed by atoms with Gasteiger partial charge in [0.15, 0.2) is 0 Å². The van der Waals surface area contributed by atoms with Gasteiger partial charge in [-0.3, -0.25) is 0 Å². The molecule has 1 heterocycles. The van der Waals surface area contributed by atoms with E-state index in [0.717, 1.165) is 31.4 Å². The van der Waals surface area contributed by atoms with Gasteiger partial charge >= 0.3 is 5.97 Å². The zero-order chi connectivity index (χ0) is 15.4. The minimum Gasteiger partial charge on any atom is -0.478 e. The van der Waals surface area contributed by atoms with Crippen molar-refractivity contribution in [2.45, 2.75) is 39.3 Å². The summed E-state index contributed by atoms with van der Waals surface area (Å²) in [4.78, 5) is 17.8. The molecule has 0 unspecified atom stereocenters. The van der Waals surface area contributed by atoms with E-state index in [-0.39, 0.29) is 5.56 Å². The van der Waals surface area contributed by atoms with Crippen molar-refractivity contribution in [1.29, 1.82) is 0 Å². The Morgan fingerprint density at radius 2 is 2.14 bits per heavy atom. The summed E-state index contributed by atoms with van der Waals surface area (Å²) >= 11 is 0. The molecule has 0 aliphatic rings. The van der Waals surface area contributed by atoms with Gasteiger partial charge in [0.05, 0.1) is 17.4 Å². The lowest BCUT2D eigenvalue weighted by atomic mass is 10.2. The zero-order valence-electron chi connectivity index (χ0n) is 12.9. The second-order valence-corrected chi connectivity index (χ2v) is 5.70. The Hall–Kier alpha value is -1.88. The maximum atomic E-state index is 11.2. The fourth-order valence-corrected chi connectivity index (χ4v) is 2.34. The molecule has 21 heavy (non-hydrogen) atoms. The molecule has 5 heteroatoms. The van der Waals surface area contributed by atoms with E-state index in [1.165, 1.54) is 0 Å². The summed E-state index contributed by atoms with van der Waals surface area (Å²) in [6.45, 7) is 6.32. The maximum absolute atomic E-state index is 11.2. The number of imidazole rings is 1. The summed E-state index contributed by atoms with van der Waals surface area (Å²) in [5, 5.41) is 9.16. The molecule has 0 amide bonds. The van der Waals surface area contributed by atoms with E-state index in [2.05, 4.69) is 30.8 Å². The van der Waals surface area contributed by atoms with Crippen LogP contribution in [0.5, 0.6) is 0 Å². The van der Waals surface area contributed by atoms with E-state index in [4.69, 9.17) is 5.11 Å². The average molecular weight is 289 g/mol. The predicted octanol–water partition coefficient (Wildman–Crippen LogP) is 2.85. The van der Waals surface area contributed by atoms with Gasteiger partial charge in [-0.05, 0) is 52.4 Å². The lowest BCUT2D eigenvalue weighted by molar-refractivity contribution is 0.0699. The highest BCUT2D eigenvalue weighted by Crippen LogP contribution is 2.18. The number of aryl methyl sites for hydroxylation is 1. The summed E-state index contributed by atoms with van der Waals surface area (Å²) in [6, 6.07) is 5.86. The lowest BCUT2D eigenvalue weighted by Gasteiger charge is -2.20. The first-order valence-corrected chi connectivity index (χ1v) is 7.38. The first kappa shape index (κ1) is 15.5. The number of aromatic nitrogens is 2. The standard InChI is InChI=1S/C16H23N3O2/c1-12(2)18(3)9-4-5-10-19-11-17-15-13(16(20)21)7-6-8-14(15)19/h6-8,11-12H,4-5,9-10H2,1-3H3,(H,20,21). The van der Waals surface area contributed by atoms with Crippen molar-refractivity contribution in [2.24, 2.45) is 0 Å². The van der Waals surface area contributed by atoms with Crippen LogP contribution in [0.3, 0.4) is 0 Å². The zero-order valence-corrected chi connectivity index (χ0v) is 12.9. The van der Waals surface area contributed by atoms with Gasteiger partial charge in [-0.2, -0.15) is 0 Å². The lowest BCUT2D eigenvalue weighted by Crippen LogP contribution is -2.27. The SMILES string of the molecule is CC(C)N(C)CCCCn1cnc2c(C(=O)O)cccc21. The van der Waals surface area contributed by atoms with Crippen LogP contribution in [0.2, 0.25) is 0 Å². The van der Waals surface area contributed by atoms with Gasteiger partial charge in [-0.25, -0.2) is 9.78 Å². The number of unbranched alkanes of at least 4 members (excludes halogenated alkanes) is 1. The van der Waals surface area contributed by atoms with Gasteiger partial charge in [-0.1, -0.05) is 6.07 Å². The van der Waals surface area contributed by atoms with Crippen LogP contribution in [0, 0.1) is 0 Å². The van der Waals surface area contributed by atoms with Crippen LogP contribution >= 0.6 is 0 Å². The highest BCUT2D eigenvalue weighted by atomic mass is 16.4. The summed E-state index contributed by atoms with van der Waals surface area (Å²) < 4.78 is 2.04. The third-order valence-corrected chi connectivity index (χ3v) is 3.92. The number of nitrogens with zero attached hydrogens (tertiary/aromatic N) is 3. The third-order valence-electron chi connectivity index (χ3n) is 3.92. The summed E-state index contributed by atoms with van der Waals surface area (Å²) in [5.74, 6) is -0.926. The molecule has 1 aromatic carbocycles. The van der Waals surface area contributed by atoms with Gasteiger partial charge in [0.1, 0.15) is 5.52 Å². The highest BCUT2D eigenvalue weighted by molar-refractivity contribution is 6.00. The number of para-hydroxylation sites is 1. The molecule has 1 aromatic heterocycles. The average Bonchev–Trinajstić information content (AvgIpc) is 2.86. The Morgan fingerprint density at radius 1 is 1.38 bits per heavy atom. The molecule has 114 valence electrons. The van der Waals surface area contributed by atoms with Crippen molar-refractivity contribution in [3.8, 4) is 0 Å². The Labute approximate surface area is 125 Å². The fraction of sp³-hybridized carbons (Fsp3) is 0.500. The number of hydrogen-bond donors (Lipinski definition) is 1. The van der Waals surface area contributed by atoms with Crippen molar-refractivity contribution in [1.82, 2.24) is 14.5 Å². The number of benzene rings is 1. The first-order valence-electron chi connectivity index (χ1n) is 7.38. The minimum atomic E-state index is -0.926. The molecule has 0 aliphatic carbocycles. The summed E-state index contributed by atoms with van der Waals surface area (Å²) in [5.41, 5.74) is 1.74. The molecule has 0 aliphatic heterocycles. The summed E-state index contributed by atoms with van der Waals surface area (Å²) in [7, 11) is 2.14. The highest BCUT2D eigenvalue weighted by Gasteiger charge is 2.12. The van der Waals surface area contributed by atoms with Gasteiger partial charge in [0.25, 0.3) is 0 Å². The van der Waals surface area contributed by atoms with Gasteiger partial charge in [0, 0.05) is 12.6 Å². The summed E-state index contributed by atoms with van der Waals surface area (Å²) in [6.07, 6.45) is 3.91. The number of hydrogen-bond acceptors (Lipinski definition) is 3. The smallest absolute Gasteiger partial charge is 0.337 e. The molecule has 1 N–H and O–H groups in total. The van der Waals surface area contributed by atoms with Crippen LogP contribution in [-0.4, -0.2) is 45.2 Å². The number of aromatic carboxylic acids is 1. The Kier molecular flexibility index (Phi) is 4.96. The quantitative estimate of drug-likeness (QED) is 0.796. The largest absolute Gasteiger partial charge is 0.478 e. The van der Waals surface area contributed by atoms with Crippen molar-refractivity contribution >= 4 is 17.0 Å². The molecule has 0 saturated carbocycles. The number of carboxylic acid groups (broad SMARTS) is 1. The number of carbonyl (C=O) groups is 1. The molecule has 0 spiro atoms. The fourth-order valence-electron chi connectivity index (χ4n) is 2.34. The van der Waals surface area contributed by atoms with E-state index in [1.807, 2.05) is 10.6 Å². The number of carboxylic acids is 1. The first-order chi connectivity index (χ1) is 10.0. The van der Waals surface area contributed by atoms with E-state index in [0.29, 0.717) is 11.6 Å². The minimum absolute atomic E-state index is 0.269. The Bertz CT molecular complexity index is 619. The van der Waals surface area contributed by atoms with Crippen molar-refractivity contribution < 1.29 is 9.90 Å². The monoisotopic (exact) mass is 289 g/mol. The van der Waals surface area contributed by atoms with Crippen LogP contribution in [0.4, 0.5) is 0 Å². The normalized spacial score (nSPS) is 11.7. The third kappa shape index (κ3) is 3.61. The van der Waals surface area contributed by atoms with Crippen LogP contribution in [0.25, 0.3) is 11.0 Å². The van der Waals surface area contributed by atoms with Gasteiger partial charge in [-0.15, -0.1) is 0 Å². The van der Waals surface area contributed by atoms with Crippen LogP contribution in [0.1, 0.15) is 37.0 Å². The maximum Gasteiger partial charge on any atom is 0.337 e. The van der Waals surface area contributed by atoms with Crippen LogP contribution in [-0.2, 0) is 6.54 Å². The molecule has 0 atom stereocenters. The second kappa shape index (κ2) is 6.72. The molecule has 0 radical (unpaired) electrons.